The van der Waals surface area contributed by atoms with Crippen molar-refractivity contribution in [2.24, 2.45) is 11.8 Å². The second-order valence-corrected chi connectivity index (χ2v) is 8.43. The second-order valence-electron chi connectivity index (χ2n) is 8.43. The molecule has 0 saturated heterocycles. The van der Waals surface area contributed by atoms with Crippen LogP contribution in [0.5, 0.6) is 0 Å². The smallest absolute Gasteiger partial charge is 0.338 e. The number of hydrogen-bond donors (Lipinski definition) is 0. The Morgan fingerprint density at radius 2 is 1.53 bits per heavy atom. The maximum Gasteiger partial charge on any atom is 0.338 e. The Kier molecular flexibility index (Phi) is 6.03. The van der Waals surface area contributed by atoms with Crippen molar-refractivity contribution in [3.05, 3.63) is 90.1 Å². The van der Waals surface area contributed by atoms with Gasteiger partial charge in [0.15, 0.2) is 5.65 Å². The van der Waals surface area contributed by atoms with E-state index in [2.05, 4.69) is 15.0 Å². The molecule has 1 saturated carbocycles. The molecule has 8 heteroatoms. The number of benzene rings is 2. The van der Waals surface area contributed by atoms with Gasteiger partial charge in [-0.3, -0.25) is 0 Å². The third-order valence-corrected chi connectivity index (χ3v) is 6.29. The van der Waals surface area contributed by atoms with E-state index in [-0.39, 0.29) is 43.0 Å². The van der Waals surface area contributed by atoms with Crippen molar-refractivity contribution in [1.82, 2.24) is 19.5 Å². The lowest BCUT2D eigenvalue weighted by atomic mass is 9.69. The number of carbonyl (C=O) groups excluding carboxylic acids is 2. The molecule has 3 atom stereocenters. The monoisotopic (exact) mass is 456 g/mol. The first-order chi connectivity index (χ1) is 16.6. The highest BCUT2D eigenvalue weighted by Gasteiger charge is 2.44. The lowest BCUT2D eigenvalue weighted by molar-refractivity contribution is -0.0308. The van der Waals surface area contributed by atoms with Gasteiger partial charge in [0.05, 0.1) is 36.9 Å². The molecule has 2 aromatic heterocycles. The number of nitrogens with zero attached hydrogens (tertiary/aromatic N) is 4. The van der Waals surface area contributed by atoms with E-state index in [0.717, 1.165) is 12.1 Å². The number of aryl methyl sites for hydroxylation is 1. The summed E-state index contributed by atoms with van der Waals surface area (Å²) in [5.41, 5.74) is 2.47. The van der Waals surface area contributed by atoms with Crippen LogP contribution in [0.1, 0.15) is 39.0 Å². The fourth-order valence-corrected chi connectivity index (χ4v) is 4.36. The molecule has 1 aliphatic carbocycles. The van der Waals surface area contributed by atoms with Crippen molar-refractivity contribution in [1.29, 1.82) is 0 Å². The standard InChI is InChI=1S/C26H24N4O4/c1-17-27-13-22-24(29-17)30(16-28-22)23-12-20(14-33-25(31)18-8-4-2-5-9-18)21(23)15-34-26(32)19-10-6-3-7-11-19/h2-11,13,16,20-21,23H,12,14-15H2,1H3. The maximum absolute atomic E-state index is 12.5. The van der Waals surface area contributed by atoms with Crippen LogP contribution in [-0.2, 0) is 9.47 Å². The molecule has 5 rings (SSSR count). The van der Waals surface area contributed by atoms with Gasteiger partial charge in [-0.1, -0.05) is 36.4 Å². The van der Waals surface area contributed by atoms with Gasteiger partial charge in [-0.2, -0.15) is 0 Å². The summed E-state index contributed by atoms with van der Waals surface area (Å²) in [6, 6.07) is 17.8. The minimum atomic E-state index is -0.375. The SMILES string of the molecule is Cc1ncc2ncn(C3CC(COC(=O)c4ccccc4)C3COC(=O)c3ccccc3)c2n1. The third kappa shape index (κ3) is 4.39. The number of fused-ring (bicyclic) bond motifs is 1. The molecule has 0 bridgehead atoms. The van der Waals surface area contributed by atoms with Crippen molar-refractivity contribution >= 4 is 23.1 Å². The van der Waals surface area contributed by atoms with E-state index in [1.807, 2.05) is 23.6 Å². The molecule has 0 aliphatic heterocycles. The summed E-state index contributed by atoms with van der Waals surface area (Å²) in [6.45, 7) is 2.29. The van der Waals surface area contributed by atoms with Crippen LogP contribution in [-0.4, -0.2) is 44.7 Å². The van der Waals surface area contributed by atoms with Crippen molar-refractivity contribution in [2.45, 2.75) is 19.4 Å². The maximum atomic E-state index is 12.5. The zero-order chi connectivity index (χ0) is 23.5. The van der Waals surface area contributed by atoms with Crippen LogP contribution in [0.15, 0.2) is 73.2 Å². The Labute approximate surface area is 196 Å². The zero-order valence-electron chi connectivity index (χ0n) is 18.7. The summed E-state index contributed by atoms with van der Waals surface area (Å²) in [7, 11) is 0. The quantitative estimate of drug-likeness (QED) is 0.388. The van der Waals surface area contributed by atoms with E-state index in [1.54, 1.807) is 61.1 Å². The molecule has 3 unspecified atom stereocenters. The number of aromatic nitrogens is 4. The lowest BCUT2D eigenvalue weighted by Crippen LogP contribution is -2.44. The van der Waals surface area contributed by atoms with Gasteiger partial charge in [0.1, 0.15) is 11.3 Å². The molecule has 0 spiro atoms. The molecule has 0 radical (unpaired) electrons. The Balaban J connectivity index is 1.32. The number of esters is 2. The van der Waals surface area contributed by atoms with Gasteiger partial charge in [0.2, 0.25) is 0 Å². The number of hydrogen-bond acceptors (Lipinski definition) is 7. The van der Waals surface area contributed by atoms with Gasteiger partial charge in [-0.25, -0.2) is 24.5 Å². The number of carbonyl (C=O) groups is 2. The Morgan fingerprint density at radius 1 is 0.912 bits per heavy atom. The minimum Gasteiger partial charge on any atom is -0.462 e. The molecule has 2 heterocycles. The van der Waals surface area contributed by atoms with Crippen molar-refractivity contribution in [3.63, 3.8) is 0 Å². The van der Waals surface area contributed by atoms with Crippen LogP contribution in [0.4, 0.5) is 0 Å². The Morgan fingerprint density at radius 3 is 2.18 bits per heavy atom. The summed E-state index contributed by atoms with van der Waals surface area (Å²) < 4.78 is 13.3. The van der Waals surface area contributed by atoms with Gasteiger partial charge in [0.25, 0.3) is 0 Å². The summed E-state index contributed by atoms with van der Waals surface area (Å²) in [6.07, 6.45) is 4.21. The highest BCUT2D eigenvalue weighted by atomic mass is 16.5. The molecular formula is C26H24N4O4. The van der Waals surface area contributed by atoms with E-state index in [0.29, 0.717) is 22.5 Å². The molecule has 34 heavy (non-hydrogen) atoms. The average molecular weight is 457 g/mol. The Hall–Kier alpha value is -4.07. The molecule has 0 amide bonds. The molecule has 1 fully saturated rings. The van der Waals surface area contributed by atoms with E-state index in [1.165, 1.54) is 0 Å². The van der Waals surface area contributed by atoms with Crippen LogP contribution in [0.3, 0.4) is 0 Å². The van der Waals surface area contributed by atoms with Crippen LogP contribution < -0.4 is 0 Å². The molecule has 172 valence electrons. The largest absolute Gasteiger partial charge is 0.462 e. The normalized spacial score (nSPS) is 19.4. The van der Waals surface area contributed by atoms with E-state index >= 15 is 0 Å². The summed E-state index contributed by atoms with van der Waals surface area (Å²) in [4.78, 5) is 38.2. The highest BCUT2D eigenvalue weighted by molar-refractivity contribution is 5.89. The molecule has 0 N–H and O–H groups in total. The molecular weight excluding hydrogens is 432 g/mol. The van der Waals surface area contributed by atoms with Crippen LogP contribution in [0.25, 0.3) is 11.2 Å². The lowest BCUT2D eigenvalue weighted by Gasteiger charge is -2.44. The van der Waals surface area contributed by atoms with Crippen molar-refractivity contribution in [2.75, 3.05) is 13.2 Å². The predicted octanol–water partition coefficient (Wildman–Crippen LogP) is 4.03. The van der Waals surface area contributed by atoms with Crippen molar-refractivity contribution < 1.29 is 19.1 Å². The number of imidazole rings is 1. The summed E-state index contributed by atoms with van der Waals surface area (Å²) in [5, 5.41) is 0. The van der Waals surface area contributed by atoms with Gasteiger partial charge < -0.3 is 14.0 Å². The first-order valence-corrected chi connectivity index (χ1v) is 11.2. The molecule has 4 aromatic rings. The third-order valence-electron chi connectivity index (χ3n) is 6.29. The zero-order valence-corrected chi connectivity index (χ0v) is 18.7. The second kappa shape index (κ2) is 9.43. The number of ether oxygens (including phenoxy) is 2. The molecule has 1 aliphatic rings. The van der Waals surface area contributed by atoms with Gasteiger partial charge in [0, 0.05) is 17.9 Å². The van der Waals surface area contributed by atoms with Crippen LogP contribution >= 0.6 is 0 Å². The fraction of sp³-hybridized carbons (Fsp3) is 0.269. The summed E-state index contributed by atoms with van der Waals surface area (Å²) in [5.74, 6) is -0.0834. The predicted molar refractivity (Wildman–Crippen MR) is 124 cm³/mol. The van der Waals surface area contributed by atoms with Gasteiger partial charge >= 0.3 is 11.9 Å². The summed E-state index contributed by atoms with van der Waals surface area (Å²) >= 11 is 0. The topological polar surface area (TPSA) is 96.2 Å². The Bertz CT molecular complexity index is 1310. The van der Waals surface area contributed by atoms with E-state index < -0.39 is 0 Å². The van der Waals surface area contributed by atoms with E-state index in [4.69, 9.17) is 9.47 Å². The van der Waals surface area contributed by atoms with Gasteiger partial charge in [-0.15, -0.1) is 0 Å². The van der Waals surface area contributed by atoms with E-state index in [9.17, 15) is 9.59 Å². The first kappa shape index (κ1) is 21.8. The minimum absolute atomic E-state index is 0.0169. The van der Waals surface area contributed by atoms with Crippen LogP contribution in [0.2, 0.25) is 0 Å². The van der Waals surface area contributed by atoms with Gasteiger partial charge in [-0.05, 0) is 37.6 Å². The fourth-order valence-electron chi connectivity index (χ4n) is 4.36. The average Bonchev–Trinajstić information content (AvgIpc) is 3.26. The highest BCUT2D eigenvalue weighted by Crippen LogP contribution is 2.45. The molecule has 8 nitrogen and oxygen atoms in total. The molecule has 2 aromatic carbocycles. The number of rotatable bonds is 7. The first-order valence-electron chi connectivity index (χ1n) is 11.2. The van der Waals surface area contributed by atoms with Crippen molar-refractivity contribution in [3.8, 4) is 0 Å². The van der Waals surface area contributed by atoms with Crippen LogP contribution in [0, 0.1) is 18.8 Å².